The van der Waals surface area contributed by atoms with Crippen molar-refractivity contribution in [1.82, 2.24) is 4.90 Å². The van der Waals surface area contributed by atoms with Crippen molar-refractivity contribution in [2.75, 3.05) is 51.4 Å². The normalized spacial score (nSPS) is 15.9. The Labute approximate surface area is 137 Å². The summed E-state index contributed by atoms with van der Waals surface area (Å²) in [5, 5.41) is 0. The van der Waals surface area contributed by atoms with Crippen LogP contribution in [0.15, 0.2) is 18.2 Å². The van der Waals surface area contributed by atoms with Crippen molar-refractivity contribution in [3.05, 3.63) is 18.2 Å². The Kier molecular flexibility index (Phi) is 6.20. The number of hydrogen-bond donors (Lipinski definition) is 1. The highest BCUT2D eigenvalue weighted by Gasteiger charge is 2.25. The number of rotatable bonds is 6. The molecule has 1 heterocycles. The van der Waals surface area contributed by atoms with Gasteiger partial charge in [0.1, 0.15) is 18.0 Å². The summed E-state index contributed by atoms with van der Waals surface area (Å²) < 4.78 is 37.9. The van der Waals surface area contributed by atoms with E-state index in [0.717, 1.165) is 4.31 Å². The van der Waals surface area contributed by atoms with Gasteiger partial charge in [-0.3, -0.25) is 13.7 Å². The lowest BCUT2D eigenvalue weighted by Crippen LogP contribution is -2.46. The van der Waals surface area contributed by atoms with Crippen LogP contribution >= 0.6 is 0 Å². The number of amides is 1. The van der Waals surface area contributed by atoms with Crippen LogP contribution in [0.5, 0.6) is 11.5 Å². The lowest BCUT2D eigenvalue weighted by molar-refractivity contribution is -0.133. The minimum absolute atomic E-state index is 0.243. The Morgan fingerprint density at radius 3 is 2.61 bits per heavy atom. The van der Waals surface area contributed by atoms with Gasteiger partial charge in [0.15, 0.2) is 0 Å². The molecule has 1 saturated heterocycles. The molecule has 1 aromatic carbocycles. The number of carbonyl (C=O) groups excluding carboxylic acids is 1. The van der Waals surface area contributed by atoms with Crippen molar-refractivity contribution >= 4 is 22.9 Å². The van der Waals surface area contributed by atoms with Crippen molar-refractivity contribution in [2.45, 2.75) is 0 Å². The van der Waals surface area contributed by atoms with Crippen LogP contribution in [-0.2, 0) is 20.8 Å². The van der Waals surface area contributed by atoms with Gasteiger partial charge in [-0.1, -0.05) is 0 Å². The molecule has 23 heavy (non-hydrogen) atoms. The van der Waals surface area contributed by atoms with Crippen molar-refractivity contribution < 1.29 is 27.8 Å². The van der Waals surface area contributed by atoms with E-state index in [-0.39, 0.29) is 12.5 Å². The predicted octanol–water partition coefficient (Wildman–Crippen LogP) is 0.506. The fourth-order valence-corrected chi connectivity index (χ4v) is 2.78. The Morgan fingerprint density at radius 2 is 2.04 bits per heavy atom. The molecule has 1 aliphatic heterocycles. The van der Waals surface area contributed by atoms with Crippen LogP contribution in [0.1, 0.15) is 0 Å². The molecule has 1 fully saturated rings. The molecule has 128 valence electrons. The minimum Gasteiger partial charge on any atom is -0.497 e. The molecule has 0 aliphatic carbocycles. The summed E-state index contributed by atoms with van der Waals surface area (Å²) in [7, 11) is 2.94. The van der Waals surface area contributed by atoms with E-state index in [1.54, 1.807) is 23.1 Å². The molecule has 0 aromatic heterocycles. The predicted molar refractivity (Wildman–Crippen MR) is 85.1 cm³/mol. The number of nitrogens with zero attached hydrogens (tertiary/aromatic N) is 2. The molecule has 1 aliphatic rings. The highest BCUT2D eigenvalue weighted by Crippen LogP contribution is 2.33. The zero-order valence-electron chi connectivity index (χ0n) is 13.1. The zero-order valence-corrected chi connectivity index (χ0v) is 13.9. The molecule has 0 radical (unpaired) electrons. The number of carbonyl (C=O) groups is 1. The molecule has 1 amide bonds. The summed E-state index contributed by atoms with van der Waals surface area (Å²) in [6.45, 7) is 1.64. The number of morpholine rings is 1. The highest BCUT2D eigenvalue weighted by molar-refractivity contribution is 7.80. The first-order valence-corrected chi connectivity index (χ1v) is 8.09. The van der Waals surface area contributed by atoms with Crippen molar-refractivity contribution in [3.63, 3.8) is 0 Å². The molecule has 1 atom stereocenters. The molecular weight excluding hydrogens is 324 g/mol. The highest BCUT2D eigenvalue weighted by atomic mass is 32.2. The number of anilines is 1. The fraction of sp³-hybridized carbons (Fsp3) is 0.500. The smallest absolute Gasteiger partial charge is 0.262 e. The Bertz CT molecular complexity index is 576. The van der Waals surface area contributed by atoms with E-state index in [2.05, 4.69) is 0 Å². The second kappa shape index (κ2) is 8.14. The first kappa shape index (κ1) is 17.5. The quantitative estimate of drug-likeness (QED) is 0.756. The largest absolute Gasteiger partial charge is 0.497 e. The fourth-order valence-electron chi connectivity index (χ4n) is 2.25. The third kappa shape index (κ3) is 4.34. The van der Waals surface area contributed by atoms with Gasteiger partial charge in [0, 0.05) is 19.2 Å². The second-order valence-electron chi connectivity index (χ2n) is 4.80. The van der Waals surface area contributed by atoms with Crippen molar-refractivity contribution in [3.8, 4) is 11.5 Å². The maximum Gasteiger partial charge on any atom is 0.262 e. The number of methoxy groups -OCH3 is 2. The van der Waals surface area contributed by atoms with E-state index in [4.69, 9.17) is 14.2 Å². The zero-order chi connectivity index (χ0) is 16.8. The molecule has 0 spiro atoms. The van der Waals surface area contributed by atoms with E-state index in [0.29, 0.717) is 43.5 Å². The van der Waals surface area contributed by atoms with Crippen molar-refractivity contribution in [2.24, 2.45) is 0 Å². The van der Waals surface area contributed by atoms with Crippen LogP contribution in [0.25, 0.3) is 0 Å². The Balaban J connectivity index is 2.24. The van der Waals surface area contributed by atoms with E-state index in [1.165, 1.54) is 14.2 Å². The Morgan fingerprint density at radius 1 is 1.35 bits per heavy atom. The van der Waals surface area contributed by atoms with Gasteiger partial charge in [-0.05, 0) is 12.1 Å². The molecule has 1 aromatic rings. The van der Waals surface area contributed by atoms with Gasteiger partial charge in [0.05, 0.1) is 33.1 Å². The van der Waals surface area contributed by atoms with Gasteiger partial charge in [-0.25, -0.2) is 4.21 Å². The van der Waals surface area contributed by atoms with Crippen LogP contribution in [0, 0.1) is 0 Å². The number of hydrogen-bond acceptors (Lipinski definition) is 5. The van der Waals surface area contributed by atoms with E-state index < -0.39 is 11.3 Å². The SMILES string of the molecule is COc1ccc(OC)c(N(CC(=O)N2CCOCC2)S(=O)O)c1. The summed E-state index contributed by atoms with van der Waals surface area (Å²) in [5.41, 5.74) is 0.314. The van der Waals surface area contributed by atoms with Crippen LogP contribution < -0.4 is 13.8 Å². The van der Waals surface area contributed by atoms with Gasteiger partial charge in [0.2, 0.25) is 5.91 Å². The molecule has 1 N–H and O–H groups in total. The summed E-state index contributed by atoms with van der Waals surface area (Å²) in [6, 6.07) is 4.84. The van der Waals surface area contributed by atoms with Gasteiger partial charge in [-0.15, -0.1) is 0 Å². The number of ether oxygens (including phenoxy) is 3. The van der Waals surface area contributed by atoms with E-state index >= 15 is 0 Å². The van der Waals surface area contributed by atoms with Gasteiger partial charge >= 0.3 is 0 Å². The summed E-state index contributed by atoms with van der Waals surface area (Å²) >= 11 is -2.38. The topological polar surface area (TPSA) is 88.5 Å². The van der Waals surface area contributed by atoms with Gasteiger partial charge in [-0.2, -0.15) is 0 Å². The van der Waals surface area contributed by atoms with Crippen LogP contribution in [-0.4, -0.2) is 66.6 Å². The molecule has 2 rings (SSSR count). The lowest BCUT2D eigenvalue weighted by Gasteiger charge is -2.29. The van der Waals surface area contributed by atoms with E-state index in [1.807, 2.05) is 0 Å². The van der Waals surface area contributed by atoms with Crippen LogP contribution in [0.3, 0.4) is 0 Å². The average Bonchev–Trinajstić information content (AvgIpc) is 2.59. The van der Waals surface area contributed by atoms with Gasteiger partial charge < -0.3 is 19.1 Å². The third-order valence-corrected chi connectivity index (χ3v) is 4.19. The number of benzene rings is 1. The molecule has 0 bridgehead atoms. The third-order valence-electron chi connectivity index (χ3n) is 3.49. The first-order chi connectivity index (χ1) is 11.1. The molecule has 8 nitrogen and oxygen atoms in total. The lowest BCUT2D eigenvalue weighted by atomic mass is 10.2. The average molecular weight is 344 g/mol. The Hall–Kier alpha value is -1.84. The maximum absolute atomic E-state index is 12.4. The van der Waals surface area contributed by atoms with Crippen LogP contribution in [0.4, 0.5) is 5.69 Å². The minimum atomic E-state index is -2.38. The van der Waals surface area contributed by atoms with Crippen LogP contribution in [0.2, 0.25) is 0 Å². The monoisotopic (exact) mass is 344 g/mol. The molecule has 9 heteroatoms. The maximum atomic E-state index is 12.4. The molecule has 1 unspecified atom stereocenters. The molecular formula is C14H20N2O6S. The summed E-state index contributed by atoms with van der Waals surface area (Å²) in [5.74, 6) is 0.624. The van der Waals surface area contributed by atoms with Gasteiger partial charge in [0.25, 0.3) is 11.3 Å². The van der Waals surface area contributed by atoms with E-state index in [9.17, 15) is 13.6 Å². The summed E-state index contributed by atoms with van der Waals surface area (Å²) in [6.07, 6.45) is 0. The van der Waals surface area contributed by atoms with Crippen molar-refractivity contribution in [1.29, 1.82) is 0 Å². The second-order valence-corrected chi connectivity index (χ2v) is 5.70. The summed E-state index contributed by atoms with van der Waals surface area (Å²) in [4.78, 5) is 14.0. The first-order valence-electron chi connectivity index (χ1n) is 7.03. The standard InChI is InChI=1S/C14H20N2O6S/c1-20-11-3-4-13(21-2)12(9-11)16(23(18)19)10-14(17)15-5-7-22-8-6-15/h3-4,9H,5-8,10H2,1-2H3,(H,18,19). The molecule has 0 saturated carbocycles.